The molecule has 0 saturated heterocycles. The summed E-state index contributed by atoms with van der Waals surface area (Å²) >= 11 is 1.41. The maximum Gasteiger partial charge on any atom is 0.191 e. The van der Waals surface area contributed by atoms with Crippen molar-refractivity contribution in [1.29, 1.82) is 0 Å². The highest BCUT2D eigenvalue weighted by Gasteiger charge is 2.19. The number of carbonyl (C=O) groups is 1. The molecule has 0 spiro atoms. The molecule has 0 N–H and O–H groups in total. The first-order valence-electron chi connectivity index (χ1n) is 11.0. The summed E-state index contributed by atoms with van der Waals surface area (Å²) in [5.74, 6) is 3.51. The summed E-state index contributed by atoms with van der Waals surface area (Å²) < 4.78 is 19.2. The van der Waals surface area contributed by atoms with E-state index in [2.05, 4.69) is 10.2 Å². The average molecular weight is 452 g/mol. The van der Waals surface area contributed by atoms with Crippen LogP contribution in [0.3, 0.4) is 0 Å². The van der Waals surface area contributed by atoms with E-state index in [1.54, 1.807) is 0 Å². The molecule has 1 aromatic heterocycles. The van der Waals surface area contributed by atoms with E-state index < -0.39 is 0 Å². The molecular formula is C24H25N3O4S. The van der Waals surface area contributed by atoms with Crippen molar-refractivity contribution in [2.24, 2.45) is 0 Å². The predicted octanol–water partition coefficient (Wildman–Crippen LogP) is 4.43. The lowest BCUT2D eigenvalue weighted by molar-refractivity contribution is 0.102. The molecule has 0 bridgehead atoms. The van der Waals surface area contributed by atoms with Gasteiger partial charge < -0.3 is 18.8 Å². The number of Topliss-reactive ketones (excluding diaryl/α,β-unsaturated/α-hetero) is 1. The lowest BCUT2D eigenvalue weighted by atomic mass is 10.0. The van der Waals surface area contributed by atoms with Crippen LogP contribution in [0.2, 0.25) is 0 Å². The van der Waals surface area contributed by atoms with E-state index in [-0.39, 0.29) is 5.78 Å². The van der Waals surface area contributed by atoms with Gasteiger partial charge in [-0.3, -0.25) is 4.79 Å². The van der Waals surface area contributed by atoms with Crippen molar-refractivity contribution in [3.8, 4) is 28.6 Å². The van der Waals surface area contributed by atoms with Crippen LogP contribution in [0, 0.1) is 0 Å². The quantitative estimate of drug-likeness (QED) is 0.405. The van der Waals surface area contributed by atoms with Gasteiger partial charge in [0.1, 0.15) is 5.75 Å². The van der Waals surface area contributed by atoms with Crippen LogP contribution in [0.15, 0.2) is 41.6 Å². The predicted molar refractivity (Wildman–Crippen MR) is 122 cm³/mol. The van der Waals surface area contributed by atoms with Gasteiger partial charge in [0.25, 0.3) is 0 Å². The van der Waals surface area contributed by atoms with Gasteiger partial charge in [-0.25, -0.2) is 0 Å². The highest BCUT2D eigenvalue weighted by molar-refractivity contribution is 7.99. The van der Waals surface area contributed by atoms with E-state index in [0.29, 0.717) is 31.1 Å². The van der Waals surface area contributed by atoms with Gasteiger partial charge in [0.05, 0.1) is 25.6 Å². The summed E-state index contributed by atoms with van der Waals surface area (Å²) in [4.78, 5) is 12.8. The number of nitrogens with zero attached hydrogens (tertiary/aromatic N) is 3. The van der Waals surface area contributed by atoms with Gasteiger partial charge in [-0.1, -0.05) is 11.8 Å². The molecule has 0 amide bonds. The van der Waals surface area contributed by atoms with Crippen molar-refractivity contribution >= 4 is 17.5 Å². The minimum absolute atomic E-state index is 0.0751. The fraction of sp³-hybridized carbons (Fsp3) is 0.375. The Morgan fingerprint density at radius 2 is 1.75 bits per heavy atom. The molecule has 0 aliphatic carbocycles. The van der Waals surface area contributed by atoms with Gasteiger partial charge in [-0.2, -0.15) is 0 Å². The van der Waals surface area contributed by atoms with E-state index in [0.717, 1.165) is 65.2 Å². The molecule has 3 heterocycles. The average Bonchev–Trinajstić information content (AvgIpc) is 3.10. The summed E-state index contributed by atoms with van der Waals surface area (Å²) in [6, 6.07) is 11.6. The molecular weight excluding hydrogens is 426 g/mol. The number of rotatable bonds is 6. The first-order valence-corrected chi connectivity index (χ1v) is 12.0. The van der Waals surface area contributed by atoms with Crippen LogP contribution in [0.1, 0.15) is 35.7 Å². The third-order valence-electron chi connectivity index (χ3n) is 5.60. The number of carbonyl (C=O) groups excluding carboxylic acids is 1. The van der Waals surface area contributed by atoms with Crippen LogP contribution >= 0.6 is 11.8 Å². The van der Waals surface area contributed by atoms with Crippen molar-refractivity contribution < 1.29 is 19.0 Å². The van der Waals surface area contributed by atoms with Crippen molar-refractivity contribution in [2.75, 3.05) is 25.6 Å². The summed E-state index contributed by atoms with van der Waals surface area (Å²) in [5.41, 5.74) is 2.74. The van der Waals surface area contributed by atoms with Crippen LogP contribution in [-0.2, 0) is 13.0 Å². The number of ether oxygens (including phenoxy) is 3. The summed E-state index contributed by atoms with van der Waals surface area (Å²) in [6.07, 6.45) is 2.80. The Morgan fingerprint density at radius 3 is 2.62 bits per heavy atom. The monoisotopic (exact) mass is 451 g/mol. The Hall–Kier alpha value is -3.00. The Labute approximate surface area is 191 Å². The molecule has 7 nitrogen and oxygen atoms in total. The van der Waals surface area contributed by atoms with E-state index in [4.69, 9.17) is 14.2 Å². The minimum atomic E-state index is 0.0751. The van der Waals surface area contributed by atoms with E-state index in [1.165, 1.54) is 11.8 Å². The molecule has 2 aliphatic rings. The minimum Gasteiger partial charge on any atom is -0.493 e. The van der Waals surface area contributed by atoms with Gasteiger partial charge in [0, 0.05) is 24.1 Å². The summed E-state index contributed by atoms with van der Waals surface area (Å²) in [6.45, 7) is 4.78. The number of fused-ring (bicyclic) bond motifs is 2. The maximum absolute atomic E-state index is 12.8. The van der Waals surface area contributed by atoms with Crippen LogP contribution < -0.4 is 14.2 Å². The molecule has 5 rings (SSSR count). The largest absolute Gasteiger partial charge is 0.493 e. The Morgan fingerprint density at radius 1 is 0.969 bits per heavy atom. The molecule has 0 fully saturated rings. The van der Waals surface area contributed by atoms with Crippen molar-refractivity contribution in [3.63, 3.8) is 0 Å². The zero-order chi connectivity index (χ0) is 21.9. The zero-order valence-electron chi connectivity index (χ0n) is 18.0. The molecule has 2 aliphatic heterocycles. The topological polar surface area (TPSA) is 75.5 Å². The molecule has 0 atom stereocenters. The fourth-order valence-electron chi connectivity index (χ4n) is 3.94. The van der Waals surface area contributed by atoms with E-state index in [1.807, 2.05) is 47.9 Å². The summed E-state index contributed by atoms with van der Waals surface area (Å²) in [5, 5.41) is 9.49. The normalized spacial score (nSPS) is 14.9. The van der Waals surface area contributed by atoms with Crippen LogP contribution in [0.4, 0.5) is 0 Å². The fourth-order valence-corrected chi connectivity index (χ4v) is 4.84. The smallest absolute Gasteiger partial charge is 0.191 e. The highest BCUT2D eigenvalue weighted by Crippen LogP contribution is 2.35. The number of hydrogen-bond donors (Lipinski definition) is 0. The third-order valence-corrected chi connectivity index (χ3v) is 6.57. The lowest BCUT2D eigenvalue weighted by Crippen LogP contribution is -2.10. The number of ketones is 1. The zero-order valence-corrected chi connectivity index (χ0v) is 18.8. The SMILES string of the molecule is CCn1c(SCC(=O)c2ccc3c(c2)CCCO3)nnc1-c1ccc2c(c1)OCCCO2. The Kier molecular flexibility index (Phi) is 6.03. The maximum atomic E-state index is 12.8. The second kappa shape index (κ2) is 9.24. The number of thioether (sulfide) groups is 1. The Bertz CT molecular complexity index is 1140. The second-order valence-electron chi connectivity index (χ2n) is 7.75. The molecule has 0 radical (unpaired) electrons. The van der Waals surface area contributed by atoms with E-state index in [9.17, 15) is 4.79 Å². The van der Waals surface area contributed by atoms with Crippen LogP contribution in [0.25, 0.3) is 11.4 Å². The number of aryl methyl sites for hydroxylation is 1. The standard InChI is InChI=1S/C24H25N3O4S/c1-2-27-23(18-7-9-21-22(14-18)31-12-4-11-30-21)25-26-24(27)32-15-19(28)16-6-8-20-17(13-16)5-3-10-29-20/h6-9,13-14H,2-5,10-12,15H2,1H3. The van der Waals surface area contributed by atoms with Gasteiger partial charge in [0.15, 0.2) is 28.3 Å². The lowest BCUT2D eigenvalue weighted by Gasteiger charge is -2.17. The Balaban J connectivity index is 1.32. The van der Waals surface area contributed by atoms with Gasteiger partial charge in [-0.05, 0) is 61.7 Å². The van der Waals surface area contributed by atoms with Crippen molar-refractivity contribution in [3.05, 3.63) is 47.5 Å². The van der Waals surface area contributed by atoms with Crippen molar-refractivity contribution in [1.82, 2.24) is 14.8 Å². The third kappa shape index (κ3) is 4.19. The number of aromatic nitrogens is 3. The summed E-state index contributed by atoms with van der Waals surface area (Å²) in [7, 11) is 0. The first kappa shape index (κ1) is 20.9. The molecule has 0 saturated carbocycles. The number of hydrogen-bond acceptors (Lipinski definition) is 7. The molecule has 8 heteroatoms. The molecule has 32 heavy (non-hydrogen) atoms. The van der Waals surface area contributed by atoms with Crippen LogP contribution in [-0.4, -0.2) is 46.1 Å². The van der Waals surface area contributed by atoms with Gasteiger partial charge in [0.2, 0.25) is 0 Å². The molecule has 3 aromatic rings. The first-order chi connectivity index (χ1) is 15.7. The van der Waals surface area contributed by atoms with Gasteiger partial charge >= 0.3 is 0 Å². The van der Waals surface area contributed by atoms with Gasteiger partial charge in [-0.15, -0.1) is 10.2 Å². The molecule has 0 unspecified atom stereocenters. The van der Waals surface area contributed by atoms with E-state index >= 15 is 0 Å². The second-order valence-corrected chi connectivity index (χ2v) is 8.69. The van der Waals surface area contributed by atoms with Crippen LogP contribution in [0.5, 0.6) is 17.2 Å². The molecule has 2 aromatic carbocycles. The highest BCUT2D eigenvalue weighted by atomic mass is 32.2. The molecule has 166 valence electrons. The number of benzene rings is 2. The van der Waals surface area contributed by atoms with Crippen molar-refractivity contribution in [2.45, 2.75) is 37.9 Å².